The lowest BCUT2D eigenvalue weighted by atomic mass is 9.85. The van der Waals surface area contributed by atoms with Crippen LogP contribution < -0.4 is 5.32 Å². The van der Waals surface area contributed by atoms with E-state index in [9.17, 15) is 4.79 Å². The number of hydrogen-bond acceptors (Lipinski definition) is 4. The average molecular weight is 357 g/mol. The van der Waals surface area contributed by atoms with E-state index in [2.05, 4.69) is 20.5 Å². The Hall–Kier alpha value is -2.67. The fourth-order valence-electron chi connectivity index (χ4n) is 3.49. The second kappa shape index (κ2) is 5.70. The molecule has 7 nitrogen and oxygen atoms in total. The Labute approximate surface area is 149 Å². The first-order valence-electron chi connectivity index (χ1n) is 7.93. The van der Waals surface area contributed by atoms with Gasteiger partial charge in [0.2, 0.25) is 5.91 Å². The van der Waals surface area contributed by atoms with Crippen molar-refractivity contribution in [2.24, 2.45) is 14.1 Å². The zero-order valence-electron chi connectivity index (χ0n) is 14.1. The summed E-state index contributed by atoms with van der Waals surface area (Å²) in [6.45, 7) is 1.91. The van der Waals surface area contributed by atoms with Gasteiger partial charge in [0.15, 0.2) is 0 Å². The summed E-state index contributed by atoms with van der Waals surface area (Å²) in [7, 11) is 3.62. The Bertz CT molecular complexity index is 975. The van der Waals surface area contributed by atoms with Crippen LogP contribution in [-0.2, 0) is 18.9 Å². The van der Waals surface area contributed by atoms with E-state index in [0.29, 0.717) is 17.4 Å². The van der Waals surface area contributed by atoms with Crippen molar-refractivity contribution < 1.29 is 4.79 Å². The number of aryl methyl sites for hydroxylation is 3. The van der Waals surface area contributed by atoms with E-state index in [0.717, 1.165) is 28.1 Å². The van der Waals surface area contributed by atoms with Gasteiger partial charge in [0.1, 0.15) is 11.0 Å². The molecule has 0 fully saturated rings. The van der Waals surface area contributed by atoms with Crippen molar-refractivity contribution in [2.75, 3.05) is 5.32 Å². The molecular weight excluding hydrogens is 340 g/mol. The van der Waals surface area contributed by atoms with Gasteiger partial charge >= 0.3 is 0 Å². The summed E-state index contributed by atoms with van der Waals surface area (Å²) in [5.41, 5.74) is 4.35. The van der Waals surface area contributed by atoms with Gasteiger partial charge in [0.25, 0.3) is 0 Å². The Morgan fingerprint density at radius 2 is 2.04 bits per heavy atom. The van der Waals surface area contributed by atoms with Gasteiger partial charge in [-0.15, -0.1) is 0 Å². The molecule has 1 aliphatic heterocycles. The maximum Gasteiger partial charge on any atom is 0.226 e. The molecule has 25 heavy (non-hydrogen) atoms. The van der Waals surface area contributed by atoms with E-state index in [1.807, 2.05) is 26.1 Å². The van der Waals surface area contributed by atoms with Crippen LogP contribution in [0.1, 0.15) is 29.2 Å². The summed E-state index contributed by atoms with van der Waals surface area (Å²) >= 11 is 6.50. The van der Waals surface area contributed by atoms with E-state index in [-0.39, 0.29) is 11.8 Å². The van der Waals surface area contributed by atoms with Crippen LogP contribution >= 0.6 is 11.6 Å². The van der Waals surface area contributed by atoms with Gasteiger partial charge < -0.3 is 5.32 Å². The molecule has 3 aromatic rings. The van der Waals surface area contributed by atoms with Crippen LogP contribution in [0.4, 0.5) is 5.82 Å². The summed E-state index contributed by atoms with van der Waals surface area (Å²) in [4.78, 5) is 16.5. The normalized spacial score (nSPS) is 16.6. The van der Waals surface area contributed by atoms with E-state index < -0.39 is 0 Å². The summed E-state index contributed by atoms with van der Waals surface area (Å²) in [6.07, 6.45) is 3.80. The molecule has 0 aromatic carbocycles. The van der Waals surface area contributed by atoms with Crippen molar-refractivity contribution in [2.45, 2.75) is 19.3 Å². The predicted molar refractivity (Wildman–Crippen MR) is 94.5 cm³/mol. The molecule has 0 radical (unpaired) electrons. The third-order valence-corrected chi connectivity index (χ3v) is 5.01. The zero-order valence-corrected chi connectivity index (χ0v) is 14.9. The third-order valence-electron chi connectivity index (χ3n) is 4.56. The molecule has 0 spiro atoms. The van der Waals surface area contributed by atoms with Crippen molar-refractivity contribution in [1.29, 1.82) is 0 Å². The molecule has 3 aromatic heterocycles. The number of hydrogen-bond donors (Lipinski definition) is 1. The number of pyridine rings is 1. The SMILES string of the molecule is Cc1nn(C)c(Cl)c1C1CC(=O)Nc2c1c(-c1cccnc1)nn2C. The molecule has 1 amide bonds. The van der Waals surface area contributed by atoms with Gasteiger partial charge in [-0.3, -0.25) is 19.1 Å². The number of carbonyl (C=O) groups is 1. The molecule has 4 rings (SSSR count). The molecule has 1 aliphatic rings. The van der Waals surface area contributed by atoms with Crippen molar-refractivity contribution in [3.05, 3.63) is 46.5 Å². The first-order chi connectivity index (χ1) is 12.0. The first-order valence-corrected chi connectivity index (χ1v) is 8.31. The fraction of sp³-hybridized carbons (Fsp3) is 0.294. The number of halogens is 1. The Morgan fingerprint density at radius 1 is 1.24 bits per heavy atom. The molecule has 0 saturated heterocycles. The molecule has 4 heterocycles. The molecule has 0 saturated carbocycles. The van der Waals surface area contributed by atoms with Crippen LogP contribution in [0, 0.1) is 6.92 Å². The first kappa shape index (κ1) is 15.8. The van der Waals surface area contributed by atoms with Crippen LogP contribution in [0.2, 0.25) is 5.15 Å². The number of amides is 1. The van der Waals surface area contributed by atoms with E-state index in [1.165, 1.54) is 0 Å². The number of fused-ring (bicyclic) bond motifs is 1. The highest BCUT2D eigenvalue weighted by Gasteiger charge is 2.36. The zero-order chi connectivity index (χ0) is 17.7. The van der Waals surface area contributed by atoms with Gasteiger partial charge in [-0.05, 0) is 19.1 Å². The molecule has 1 atom stereocenters. The lowest BCUT2D eigenvalue weighted by Crippen LogP contribution is -2.25. The van der Waals surface area contributed by atoms with Gasteiger partial charge in [0, 0.05) is 55.5 Å². The van der Waals surface area contributed by atoms with Crippen LogP contribution in [0.15, 0.2) is 24.5 Å². The lowest BCUT2D eigenvalue weighted by Gasteiger charge is -2.24. The number of nitrogens with zero attached hydrogens (tertiary/aromatic N) is 5. The standard InChI is InChI=1S/C17H17ClN6O/c1-9-13(16(18)23(2)21-9)11-7-12(25)20-17-14(11)15(22-24(17)3)10-5-4-6-19-8-10/h4-6,8,11H,7H2,1-3H3,(H,20,25). The van der Waals surface area contributed by atoms with Crippen LogP contribution in [0.5, 0.6) is 0 Å². The van der Waals surface area contributed by atoms with Gasteiger partial charge in [-0.2, -0.15) is 10.2 Å². The lowest BCUT2D eigenvalue weighted by molar-refractivity contribution is -0.116. The number of nitrogens with one attached hydrogen (secondary N) is 1. The van der Waals surface area contributed by atoms with Crippen molar-refractivity contribution in [1.82, 2.24) is 24.5 Å². The number of aromatic nitrogens is 5. The number of carbonyl (C=O) groups excluding carboxylic acids is 1. The van der Waals surface area contributed by atoms with E-state index >= 15 is 0 Å². The van der Waals surface area contributed by atoms with E-state index in [4.69, 9.17) is 11.6 Å². The summed E-state index contributed by atoms with van der Waals surface area (Å²) in [5, 5.41) is 12.5. The maximum atomic E-state index is 12.3. The minimum atomic E-state index is -0.200. The Kier molecular flexibility index (Phi) is 3.61. The van der Waals surface area contributed by atoms with Crippen LogP contribution in [0.3, 0.4) is 0 Å². The molecule has 0 bridgehead atoms. The van der Waals surface area contributed by atoms with Gasteiger partial charge in [-0.25, -0.2) is 0 Å². The van der Waals surface area contributed by atoms with Gasteiger partial charge in [-0.1, -0.05) is 11.6 Å². The summed E-state index contributed by atoms with van der Waals surface area (Å²) < 4.78 is 3.33. The number of rotatable bonds is 2. The highest BCUT2D eigenvalue weighted by Crippen LogP contribution is 2.45. The highest BCUT2D eigenvalue weighted by atomic mass is 35.5. The number of anilines is 1. The molecular formula is C17H17ClN6O. The van der Waals surface area contributed by atoms with Crippen LogP contribution in [0.25, 0.3) is 11.3 Å². The van der Waals surface area contributed by atoms with Gasteiger partial charge in [0.05, 0.1) is 11.4 Å². The fourth-order valence-corrected chi connectivity index (χ4v) is 3.80. The van der Waals surface area contributed by atoms with Crippen molar-refractivity contribution >= 4 is 23.3 Å². The predicted octanol–water partition coefficient (Wildman–Crippen LogP) is 2.65. The monoisotopic (exact) mass is 356 g/mol. The largest absolute Gasteiger partial charge is 0.311 e. The topological polar surface area (TPSA) is 77.6 Å². The minimum absolute atomic E-state index is 0.0578. The molecule has 128 valence electrons. The molecule has 1 N–H and O–H groups in total. The van der Waals surface area contributed by atoms with E-state index in [1.54, 1.807) is 28.8 Å². The Balaban J connectivity index is 1.98. The Morgan fingerprint density at radius 3 is 2.68 bits per heavy atom. The van der Waals surface area contributed by atoms with Crippen LogP contribution in [-0.4, -0.2) is 30.5 Å². The third kappa shape index (κ3) is 2.42. The summed E-state index contributed by atoms with van der Waals surface area (Å²) in [6, 6.07) is 3.83. The quantitative estimate of drug-likeness (QED) is 0.765. The molecule has 8 heteroatoms. The highest BCUT2D eigenvalue weighted by molar-refractivity contribution is 6.30. The maximum absolute atomic E-state index is 12.3. The average Bonchev–Trinajstić information content (AvgIpc) is 3.05. The summed E-state index contributed by atoms with van der Waals surface area (Å²) in [5.74, 6) is 0.436. The molecule has 1 unspecified atom stereocenters. The van der Waals surface area contributed by atoms with Crippen molar-refractivity contribution in [3.63, 3.8) is 0 Å². The molecule has 0 aliphatic carbocycles. The minimum Gasteiger partial charge on any atom is -0.311 e. The second-order valence-electron chi connectivity index (χ2n) is 6.19. The van der Waals surface area contributed by atoms with Crippen molar-refractivity contribution in [3.8, 4) is 11.3 Å². The second-order valence-corrected chi connectivity index (χ2v) is 6.55. The smallest absolute Gasteiger partial charge is 0.226 e.